The van der Waals surface area contributed by atoms with Gasteiger partial charge in [-0.05, 0) is 300 Å². The quantitative estimate of drug-likeness (QED) is 0.0209. The number of pyridine rings is 6. The predicted octanol–water partition coefficient (Wildman–Crippen LogP) is 18.1. The Kier molecular flexibility index (Phi) is 47.6. The molecule has 0 saturated heterocycles. The Morgan fingerprint density at radius 1 is 0.343 bits per heavy atom. The zero-order chi connectivity index (χ0) is 101. The van der Waals surface area contributed by atoms with E-state index in [9.17, 15) is 75.1 Å². The molecule has 6 N–H and O–H groups in total. The Morgan fingerprint density at radius 3 is 0.866 bits per heavy atom. The fourth-order valence-corrected chi connectivity index (χ4v) is 16.4. The van der Waals surface area contributed by atoms with Crippen LogP contribution in [0.4, 0.5) is 17.6 Å². The number of benzene rings is 2. The molecule has 0 atom stereocenters. The van der Waals surface area contributed by atoms with Crippen LogP contribution in [0.2, 0.25) is 0 Å². The van der Waals surface area contributed by atoms with Crippen molar-refractivity contribution in [2.45, 2.75) is 371 Å². The number of aromatic nitrogens is 6. The van der Waals surface area contributed by atoms with Crippen LogP contribution in [0.25, 0.3) is 0 Å². The van der Waals surface area contributed by atoms with Gasteiger partial charge in [-0.2, -0.15) is 13.2 Å². The number of carbonyl (C=O) groups is 6. The lowest BCUT2D eigenvalue weighted by Crippen LogP contribution is -2.38. The summed E-state index contributed by atoms with van der Waals surface area (Å²) in [6, 6.07) is 25.8. The zero-order valence-corrected chi connectivity index (χ0v) is 84.9. The molecule has 0 spiro atoms. The van der Waals surface area contributed by atoms with Crippen molar-refractivity contribution in [2.75, 3.05) is 0 Å². The molecule has 6 heterocycles. The third kappa shape index (κ3) is 34.9. The van der Waals surface area contributed by atoms with Gasteiger partial charge < -0.3 is 59.3 Å². The van der Waals surface area contributed by atoms with Gasteiger partial charge in [0.1, 0.15) is 39.2 Å². The molecule has 6 aromatic heterocycles. The number of hydrogen-bond acceptors (Lipinski definition) is 12. The first kappa shape index (κ1) is 115. The molecule has 134 heavy (non-hydrogen) atoms. The maximum Gasteiger partial charge on any atom is 0.389 e. The first-order valence-corrected chi connectivity index (χ1v) is 48.1. The summed E-state index contributed by atoms with van der Waals surface area (Å²) in [6.07, 6.45) is 8.07. The van der Waals surface area contributed by atoms with E-state index in [1.54, 1.807) is 81.5 Å². The Morgan fingerprint density at radius 2 is 0.597 bits per heavy atom. The largest absolute Gasteiger partial charge is 0.389 e. The third-order valence-electron chi connectivity index (χ3n) is 22.8. The molecule has 1 aliphatic carbocycles. The number of nitrogens with one attached hydrogen (secondary N) is 6. The molecule has 1 saturated carbocycles. The molecule has 738 valence electrons. The van der Waals surface area contributed by atoms with Crippen molar-refractivity contribution in [3.63, 3.8) is 0 Å². The molecular formula is C106H154F4N12O12. The maximum absolute atomic E-state index is 13.1. The van der Waals surface area contributed by atoms with Gasteiger partial charge >= 0.3 is 6.18 Å². The normalized spacial score (nSPS) is 12.0. The lowest BCUT2D eigenvalue weighted by molar-refractivity contribution is -0.136. The number of unbranched alkanes of at least 4 members (excludes halogenated alkanes) is 1. The van der Waals surface area contributed by atoms with Crippen LogP contribution in [0, 0.1) is 59.2 Å². The van der Waals surface area contributed by atoms with Gasteiger partial charge in [-0.25, -0.2) is 4.39 Å². The second kappa shape index (κ2) is 55.5. The Bertz CT molecular complexity index is 5630. The van der Waals surface area contributed by atoms with Gasteiger partial charge in [0.15, 0.2) is 0 Å². The fourth-order valence-electron chi connectivity index (χ4n) is 16.4. The van der Waals surface area contributed by atoms with Gasteiger partial charge in [-0.3, -0.25) is 57.5 Å². The van der Waals surface area contributed by atoms with Crippen LogP contribution in [-0.2, 0) is 77.8 Å². The average Bonchev–Trinajstić information content (AvgIpc) is 0.875. The highest BCUT2D eigenvalue weighted by Gasteiger charge is 2.29. The highest BCUT2D eigenvalue weighted by atomic mass is 19.4. The number of amides is 6. The number of rotatable bonds is 33. The van der Waals surface area contributed by atoms with Crippen LogP contribution in [0.1, 0.15) is 350 Å². The summed E-state index contributed by atoms with van der Waals surface area (Å²) >= 11 is 0. The van der Waals surface area contributed by atoms with E-state index >= 15 is 0 Å². The van der Waals surface area contributed by atoms with Crippen LogP contribution in [0.5, 0.6) is 0 Å². The molecule has 0 bridgehead atoms. The van der Waals surface area contributed by atoms with E-state index in [2.05, 4.69) is 59.6 Å². The smallest absolute Gasteiger partial charge is 0.350 e. The van der Waals surface area contributed by atoms with E-state index in [0.29, 0.717) is 56.6 Å². The van der Waals surface area contributed by atoms with E-state index in [1.807, 2.05) is 173 Å². The minimum atomic E-state index is -4.25. The van der Waals surface area contributed by atoms with Crippen LogP contribution >= 0.6 is 0 Å². The van der Waals surface area contributed by atoms with Gasteiger partial charge in [-0.15, -0.1) is 0 Å². The topological polar surface area (TPSA) is 307 Å². The zero-order valence-electron chi connectivity index (χ0n) is 84.9. The SMILES string of the molecule is CCCCn1c(CC)c(C)cc(C(=O)NC(C)C)c1=O.CCc1c(C)cc(C(=O)NC(C)C)c(=O)n1CC1CCCCC1.CCc1c(C)cc(C(=O)NC(C)C)c(=O)n1CCC(C)C.CCc1c(C)cc(C(=O)NC(C)C)c(=O)n1CCCC(F)(F)F.CCc1c(C)cc(C(=O)NC(C)C)c(=O)n1Cc1ccc(F)cc1.CCc1c(C)cc(C(=O)NC(C)C)c(=O)n1Cc1ccccc1. The van der Waals surface area contributed by atoms with Crippen molar-refractivity contribution >= 4 is 35.4 Å². The summed E-state index contributed by atoms with van der Waals surface area (Å²) in [5.74, 6) is -1.22. The Balaban J connectivity index is 0.000000337. The summed E-state index contributed by atoms with van der Waals surface area (Å²) in [4.78, 5) is 150. The van der Waals surface area contributed by atoms with Gasteiger partial charge in [0.2, 0.25) is 0 Å². The van der Waals surface area contributed by atoms with E-state index in [0.717, 1.165) is 124 Å². The van der Waals surface area contributed by atoms with Crippen molar-refractivity contribution in [3.05, 3.63) is 271 Å². The molecule has 1 fully saturated rings. The highest BCUT2D eigenvalue weighted by Crippen LogP contribution is 2.27. The average molecular weight is 1860 g/mol. The van der Waals surface area contributed by atoms with Crippen LogP contribution < -0.4 is 65.3 Å². The summed E-state index contributed by atoms with van der Waals surface area (Å²) in [5, 5.41) is 16.6. The van der Waals surface area contributed by atoms with E-state index < -0.39 is 24.1 Å². The van der Waals surface area contributed by atoms with Crippen molar-refractivity contribution in [1.29, 1.82) is 0 Å². The standard InChI is InChI=1S/C19H23FN2O2.C19H30N2O2.C19H24N2O2.C17H28N2O2.C16H23F3N2O2.C16H26N2O2/c1-5-17-13(4)10-16(18(23)21-12(2)3)19(24)22(17)11-14-6-8-15(20)9-7-14;2*1-5-17-14(4)11-16(18(22)20-13(2)3)19(23)21(17)12-15-9-7-6-8-10-15;1-7-15-13(6)10-14(16(20)18-12(4)5)17(21)19(15)9-8-11(2)3;1-5-13-11(4)9-12(14(22)20-10(2)3)15(23)21(13)8-6-7-16(17,18)19;1-6-8-9-18-14(7-2)12(5)10-13(16(18)20)15(19)17-11(3)4/h6-10,12H,5,11H2,1-4H3,(H,21,23);11,13,15H,5-10,12H2,1-4H3,(H,20,22);6-11,13H,5,12H2,1-4H3,(H,20,22);10-12H,7-9H2,1-6H3,(H,18,20);9-10H,5-8H2,1-4H3,(H,20,22);10-11H,6-9H2,1-5H3,(H,17,19). The summed E-state index contributed by atoms with van der Waals surface area (Å²) < 4.78 is 60.1. The first-order valence-electron chi connectivity index (χ1n) is 48.1. The van der Waals surface area contributed by atoms with Crippen molar-refractivity contribution < 1.29 is 46.3 Å². The van der Waals surface area contributed by atoms with Gasteiger partial charge in [-0.1, -0.05) is 130 Å². The first-order chi connectivity index (χ1) is 63.0. The van der Waals surface area contributed by atoms with Crippen molar-refractivity contribution in [3.8, 4) is 0 Å². The van der Waals surface area contributed by atoms with E-state index in [-0.39, 0.29) is 146 Å². The monoisotopic (exact) mass is 1860 g/mol. The number of halogens is 4. The minimum Gasteiger partial charge on any atom is -0.350 e. The molecule has 8 aromatic rings. The van der Waals surface area contributed by atoms with Crippen LogP contribution in [0.15, 0.2) is 120 Å². The lowest BCUT2D eigenvalue weighted by Gasteiger charge is -2.25. The fraction of sp³-hybridized carbons (Fsp3) is 0.547. The number of carbonyl (C=O) groups excluding carboxylic acids is 6. The minimum absolute atomic E-state index is 0.00405. The Labute approximate surface area is 791 Å². The van der Waals surface area contributed by atoms with Gasteiger partial charge in [0.05, 0.1) is 13.1 Å². The van der Waals surface area contributed by atoms with Crippen LogP contribution in [-0.4, -0.2) is 105 Å². The molecule has 0 unspecified atom stereocenters. The van der Waals surface area contributed by atoms with E-state index in [1.165, 1.54) is 54.9 Å². The van der Waals surface area contributed by atoms with Crippen molar-refractivity contribution in [1.82, 2.24) is 59.3 Å². The second-order valence-corrected chi connectivity index (χ2v) is 37.0. The third-order valence-corrected chi connectivity index (χ3v) is 22.8. The molecule has 6 amide bonds. The Hall–Kier alpha value is -11.3. The number of alkyl halides is 3. The maximum atomic E-state index is 13.1. The predicted molar refractivity (Wildman–Crippen MR) is 532 cm³/mol. The summed E-state index contributed by atoms with van der Waals surface area (Å²) in [5.41, 5.74) is 12.7. The molecule has 2 aromatic carbocycles. The highest BCUT2D eigenvalue weighted by molar-refractivity contribution is 5.97. The lowest BCUT2D eigenvalue weighted by atomic mass is 9.89. The van der Waals surface area contributed by atoms with Crippen molar-refractivity contribution in [2.24, 2.45) is 11.8 Å². The molecule has 9 rings (SSSR count). The van der Waals surface area contributed by atoms with Gasteiger partial charge in [0, 0.05) is 103 Å². The number of nitrogens with zero attached hydrogens (tertiary/aromatic N) is 6. The second-order valence-electron chi connectivity index (χ2n) is 37.0. The number of aryl methyl sites for hydroxylation is 6. The molecule has 24 nitrogen and oxygen atoms in total. The van der Waals surface area contributed by atoms with Gasteiger partial charge in [0.25, 0.3) is 68.8 Å². The van der Waals surface area contributed by atoms with E-state index in [4.69, 9.17) is 0 Å². The summed E-state index contributed by atoms with van der Waals surface area (Å²) in [6.45, 7) is 55.1. The molecular weight excluding hydrogens is 1710 g/mol. The summed E-state index contributed by atoms with van der Waals surface area (Å²) in [7, 11) is 0. The molecule has 1 aliphatic rings. The van der Waals surface area contributed by atoms with Crippen LogP contribution in [0.3, 0.4) is 0 Å². The molecule has 0 radical (unpaired) electrons. The molecule has 0 aliphatic heterocycles. The number of hydrogen-bond donors (Lipinski definition) is 6. The molecule has 28 heteroatoms.